The highest BCUT2D eigenvalue weighted by molar-refractivity contribution is 6.12. The zero-order chi connectivity index (χ0) is 22.8. The van der Waals surface area contributed by atoms with Crippen LogP contribution in [-0.2, 0) is 0 Å². The Hall–Kier alpha value is 0.0249. The molecule has 1 fully saturated rings. The van der Waals surface area contributed by atoms with E-state index < -0.39 is 0 Å². The molecule has 2 atom stereocenters. The Kier molecular flexibility index (Phi) is 12.7. The molecule has 1 aliphatic rings. The number of hydrogen-bond donors (Lipinski definition) is 0. The molecule has 0 radical (unpaired) electrons. The van der Waals surface area contributed by atoms with Crippen molar-refractivity contribution in [2.24, 2.45) is 11.8 Å². The highest BCUT2D eigenvalue weighted by Gasteiger charge is 2.45. The minimum atomic E-state index is 0.287. The molecule has 0 aromatic carbocycles. The topological polar surface area (TPSA) is 3.24 Å². The van der Waals surface area contributed by atoms with Crippen LogP contribution in [-0.4, -0.2) is 29.9 Å². The number of likely N-dealkylation sites (tertiary alicyclic amines) is 1. The largest absolute Gasteiger partial charge is 0.290 e. The monoisotopic (exact) mass is 419 g/mol. The molecule has 0 aliphatic carbocycles. The summed E-state index contributed by atoms with van der Waals surface area (Å²) >= 11 is 0. The Bertz CT molecular complexity index is 406. The maximum absolute atomic E-state index is 3.04. The molecular formula is C28H58BN. The minimum Gasteiger partial charge on any atom is -0.290 e. The van der Waals surface area contributed by atoms with Gasteiger partial charge in [0, 0.05) is 17.1 Å². The summed E-state index contributed by atoms with van der Waals surface area (Å²) < 4.78 is 0. The molecule has 0 bridgehead atoms. The van der Waals surface area contributed by atoms with Crippen molar-refractivity contribution >= 4 is 7.85 Å². The van der Waals surface area contributed by atoms with Gasteiger partial charge in [0.15, 0.2) is 0 Å². The smallest absolute Gasteiger partial charge is 0.106 e. The first-order chi connectivity index (χ1) is 14.1. The predicted octanol–water partition coefficient (Wildman–Crippen LogP) is 8.42. The van der Waals surface area contributed by atoms with E-state index >= 15 is 0 Å². The van der Waals surface area contributed by atoms with E-state index in [1.807, 2.05) is 0 Å². The fourth-order valence-electron chi connectivity index (χ4n) is 6.88. The molecule has 0 spiro atoms. The maximum Gasteiger partial charge on any atom is 0.106 e. The van der Waals surface area contributed by atoms with Crippen LogP contribution < -0.4 is 0 Å². The molecule has 1 heterocycles. The van der Waals surface area contributed by atoms with Gasteiger partial charge in [-0.1, -0.05) is 97.7 Å². The van der Waals surface area contributed by atoms with Gasteiger partial charge in [-0.3, -0.25) is 4.90 Å². The van der Waals surface area contributed by atoms with Crippen molar-refractivity contribution < 1.29 is 0 Å². The lowest BCUT2D eigenvalue weighted by Gasteiger charge is -2.57. The van der Waals surface area contributed by atoms with Gasteiger partial charge in [-0.25, -0.2) is 0 Å². The van der Waals surface area contributed by atoms with Crippen LogP contribution in [0.1, 0.15) is 145 Å². The van der Waals surface area contributed by atoms with Crippen LogP contribution in [0.4, 0.5) is 0 Å². The second-order valence-electron chi connectivity index (χ2n) is 12.3. The summed E-state index contributed by atoms with van der Waals surface area (Å²) in [5.41, 5.74) is 0.573. The van der Waals surface area contributed by atoms with Gasteiger partial charge in [0.25, 0.3) is 0 Å². The van der Waals surface area contributed by atoms with Crippen LogP contribution in [0.15, 0.2) is 0 Å². The van der Waals surface area contributed by atoms with Crippen LogP contribution in [0.2, 0.25) is 5.82 Å². The number of unbranched alkanes of at least 4 members (excludes halogenated alkanes) is 8. The van der Waals surface area contributed by atoms with E-state index in [0.717, 1.165) is 23.7 Å². The Morgan fingerprint density at radius 1 is 0.700 bits per heavy atom. The van der Waals surface area contributed by atoms with E-state index in [9.17, 15) is 0 Å². The molecule has 1 saturated heterocycles. The quantitative estimate of drug-likeness (QED) is 0.214. The molecule has 30 heavy (non-hydrogen) atoms. The van der Waals surface area contributed by atoms with Crippen molar-refractivity contribution in [2.45, 2.75) is 168 Å². The molecule has 0 amide bonds. The number of hydrogen-bond acceptors (Lipinski definition) is 1. The minimum absolute atomic E-state index is 0.287. The van der Waals surface area contributed by atoms with Gasteiger partial charge < -0.3 is 0 Å². The fraction of sp³-hybridized carbons (Fsp3) is 1.00. The zero-order valence-corrected chi connectivity index (χ0v) is 22.7. The third-order valence-corrected chi connectivity index (χ3v) is 8.39. The van der Waals surface area contributed by atoms with Gasteiger partial charge in [0.1, 0.15) is 7.85 Å². The third-order valence-electron chi connectivity index (χ3n) is 8.39. The highest BCUT2D eigenvalue weighted by atomic mass is 15.3. The molecule has 0 aromatic heterocycles. The van der Waals surface area contributed by atoms with Crippen LogP contribution in [0.3, 0.4) is 0 Å². The molecular weight excluding hydrogens is 361 g/mol. The van der Waals surface area contributed by atoms with E-state index in [0.29, 0.717) is 0 Å². The molecule has 178 valence electrons. The van der Waals surface area contributed by atoms with Crippen LogP contribution in [0, 0.1) is 11.8 Å². The standard InChI is InChI=1S/C28H58BN/c1-9-11-13-15-17-19-25(20-18-16-14-12-10-2)30-27(5,6)21-23(3)26(29)24(4)22-28(30,7)8/h23-26H,9-22,29H2,1-8H3. The summed E-state index contributed by atoms with van der Waals surface area (Å²) in [5, 5.41) is 0. The zero-order valence-electron chi connectivity index (χ0n) is 22.7. The molecule has 1 aliphatic heterocycles. The average molecular weight is 420 g/mol. The second-order valence-corrected chi connectivity index (χ2v) is 12.3. The summed E-state index contributed by atoms with van der Waals surface area (Å²) in [6.07, 6.45) is 19.6. The van der Waals surface area contributed by atoms with Gasteiger partial charge in [0.2, 0.25) is 0 Å². The summed E-state index contributed by atoms with van der Waals surface area (Å²) in [7, 11) is 2.51. The lowest BCUT2D eigenvalue weighted by molar-refractivity contribution is -0.0640. The van der Waals surface area contributed by atoms with E-state index in [2.05, 4.69) is 68.1 Å². The van der Waals surface area contributed by atoms with Crippen LogP contribution in [0.5, 0.6) is 0 Å². The molecule has 0 saturated carbocycles. The van der Waals surface area contributed by atoms with Crippen molar-refractivity contribution in [3.63, 3.8) is 0 Å². The predicted molar refractivity (Wildman–Crippen MR) is 140 cm³/mol. The second kappa shape index (κ2) is 13.5. The van der Waals surface area contributed by atoms with Crippen molar-refractivity contribution in [2.75, 3.05) is 0 Å². The average Bonchev–Trinajstić information content (AvgIpc) is 2.64. The van der Waals surface area contributed by atoms with E-state index in [-0.39, 0.29) is 11.1 Å². The maximum atomic E-state index is 3.04. The van der Waals surface area contributed by atoms with Crippen molar-refractivity contribution in [3.8, 4) is 0 Å². The molecule has 2 unspecified atom stereocenters. The first-order valence-corrected chi connectivity index (χ1v) is 13.9. The fourth-order valence-corrected chi connectivity index (χ4v) is 6.88. The van der Waals surface area contributed by atoms with Crippen molar-refractivity contribution in [3.05, 3.63) is 0 Å². The van der Waals surface area contributed by atoms with Gasteiger partial charge in [-0.15, -0.1) is 0 Å². The number of nitrogens with zero attached hydrogens (tertiary/aromatic N) is 1. The Balaban J connectivity index is 3.00. The van der Waals surface area contributed by atoms with Crippen LogP contribution >= 0.6 is 0 Å². The third kappa shape index (κ3) is 8.87. The lowest BCUT2D eigenvalue weighted by Crippen LogP contribution is -2.62. The van der Waals surface area contributed by atoms with Gasteiger partial charge in [-0.2, -0.15) is 0 Å². The first kappa shape index (κ1) is 28.1. The molecule has 0 N–H and O–H groups in total. The molecule has 1 nitrogen and oxygen atoms in total. The van der Waals surface area contributed by atoms with E-state index in [4.69, 9.17) is 0 Å². The Morgan fingerprint density at radius 2 is 1.07 bits per heavy atom. The van der Waals surface area contributed by atoms with E-state index in [1.165, 1.54) is 89.9 Å². The SMILES string of the molecule is BC1C(C)CC(C)(C)N(C(CCCCCCC)CCCCCCC)C(C)(C)CC1C. The normalized spacial score (nSPS) is 27.2. The van der Waals surface area contributed by atoms with Crippen molar-refractivity contribution in [1.82, 2.24) is 4.90 Å². The van der Waals surface area contributed by atoms with Crippen molar-refractivity contribution in [1.29, 1.82) is 0 Å². The Morgan fingerprint density at radius 3 is 1.43 bits per heavy atom. The van der Waals surface area contributed by atoms with Gasteiger partial charge in [0.05, 0.1) is 0 Å². The molecule has 1 rings (SSSR count). The summed E-state index contributed by atoms with van der Waals surface area (Å²) in [6.45, 7) is 19.9. The number of rotatable bonds is 13. The molecule has 0 aromatic rings. The van der Waals surface area contributed by atoms with Gasteiger partial charge in [-0.05, 0) is 65.2 Å². The lowest BCUT2D eigenvalue weighted by atomic mass is 9.61. The highest BCUT2D eigenvalue weighted by Crippen LogP contribution is 2.46. The molecule has 2 heteroatoms. The summed E-state index contributed by atoms with van der Waals surface area (Å²) in [6, 6.07) is 0.756. The van der Waals surface area contributed by atoms with Crippen LogP contribution in [0.25, 0.3) is 0 Å². The first-order valence-electron chi connectivity index (χ1n) is 13.9. The Labute approximate surface area is 192 Å². The summed E-state index contributed by atoms with van der Waals surface area (Å²) in [4.78, 5) is 3.04. The van der Waals surface area contributed by atoms with E-state index in [1.54, 1.807) is 0 Å². The summed E-state index contributed by atoms with van der Waals surface area (Å²) in [5.74, 6) is 2.44. The van der Waals surface area contributed by atoms with Gasteiger partial charge >= 0.3 is 0 Å².